The van der Waals surface area contributed by atoms with Gasteiger partial charge in [-0.25, -0.2) is 18.5 Å². The molecule has 1 fully saturated rings. The van der Waals surface area contributed by atoms with Gasteiger partial charge in [0.2, 0.25) is 0 Å². The highest BCUT2D eigenvalue weighted by atomic mass is 32.2. The van der Waals surface area contributed by atoms with Gasteiger partial charge in [0.05, 0.1) is 5.84 Å². The molecule has 2 rings (SSSR count). The van der Waals surface area contributed by atoms with Crippen molar-refractivity contribution in [1.82, 2.24) is 15.2 Å². The van der Waals surface area contributed by atoms with Gasteiger partial charge in [0.15, 0.2) is 5.03 Å². The minimum absolute atomic E-state index is 0.0150. The molecule has 2 heterocycles. The van der Waals surface area contributed by atoms with Crippen LogP contribution in [0.4, 0.5) is 5.82 Å². The number of pyridine rings is 1. The second-order valence-corrected chi connectivity index (χ2v) is 8.77. The van der Waals surface area contributed by atoms with Gasteiger partial charge in [-0.05, 0) is 45.4 Å². The number of amidine groups is 1. The zero-order chi connectivity index (χ0) is 19.4. The summed E-state index contributed by atoms with van der Waals surface area (Å²) < 4.78 is 22.6. The summed E-state index contributed by atoms with van der Waals surface area (Å²) in [6.07, 6.45) is 2.65. The number of anilines is 1. The summed E-state index contributed by atoms with van der Waals surface area (Å²) in [5.74, 6) is 1.20. The van der Waals surface area contributed by atoms with Gasteiger partial charge in [0, 0.05) is 31.1 Å². The van der Waals surface area contributed by atoms with Crippen LogP contribution in [0.1, 0.15) is 40.0 Å². The van der Waals surface area contributed by atoms with E-state index in [4.69, 9.17) is 10.5 Å². The average Bonchev–Trinajstić information content (AvgIpc) is 2.88. The lowest BCUT2D eigenvalue weighted by Crippen LogP contribution is -2.42. The summed E-state index contributed by atoms with van der Waals surface area (Å²) >= 11 is 0. The molecule has 1 atom stereocenters. The molecule has 1 aliphatic heterocycles. The third kappa shape index (κ3) is 5.39. The van der Waals surface area contributed by atoms with Crippen molar-refractivity contribution in [2.75, 3.05) is 25.0 Å². The molecule has 26 heavy (non-hydrogen) atoms. The van der Waals surface area contributed by atoms with Crippen molar-refractivity contribution in [3.8, 4) is 0 Å². The van der Waals surface area contributed by atoms with Crippen molar-refractivity contribution in [2.24, 2.45) is 5.14 Å². The van der Waals surface area contributed by atoms with Crippen molar-refractivity contribution >= 4 is 21.7 Å². The van der Waals surface area contributed by atoms with Crippen LogP contribution >= 0.6 is 0 Å². The molecule has 1 saturated heterocycles. The Morgan fingerprint density at radius 1 is 1.42 bits per heavy atom. The Morgan fingerprint density at radius 2 is 2.15 bits per heavy atom. The van der Waals surface area contributed by atoms with Crippen molar-refractivity contribution in [3.05, 3.63) is 18.2 Å². The molecule has 9 heteroatoms. The highest BCUT2D eigenvalue weighted by Crippen LogP contribution is 2.29. The molecule has 146 valence electrons. The van der Waals surface area contributed by atoms with E-state index in [0.29, 0.717) is 24.2 Å². The third-order valence-electron chi connectivity index (χ3n) is 4.65. The first-order valence-corrected chi connectivity index (χ1v) is 10.5. The lowest BCUT2D eigenvalue weighted by molar-refractivity contribution is 0.276. The van der Waals surface area contributed by atoms with Crippen LogP contribution < -0.4 is 15.8 Å². The Morgan fingerprint density at radius 3 is 2.81 bits per heavy atom. The number of aromatic nitrogens is 1. The molecule has 0 bridgehead atoms. The maximum absolute atomic E-state index is 11.3. The number of nitrogens with one attached hydrogen (secondary N) is 3. The predicted molar refractivity (Wildman–Crippen MR) is 104 cm³/mol. The number of nitrogens with zero attached hydrogens (tertiary/aromatic N) is 2. The lowest BCUT2D eigenvalue weighted by Gasteiger charge is -2.33. The maximum Gasteiger partial charge on any atom is 0.255 e. The fourth-order valence-electron chi connectivity index (χ4n) is 3.33. The maximum atomic E-state index is 11.3. The molecule has 0 aliphatic carbocycles. The summed E-state index contributed by atoms with van der Waals surface area (Å²) in [7, 11) is -3.78. The Hall–Kier alpha value is -1.71. The Labute approximate surface area is 156 Å². The molecule has 0 radical (unpaired) electrons. The van der Waals surface area contributed by atoms with Gasteiger partial charge in [0.1, 0.15) is 5.82 Å². The van der Waals surface area contributed by atoms with Crippen LogP contribution in [0, 0.1) is 5.41 Å². The molecule has 0 aromatic carbocycles. The van der Waals surface area contributed by atoms with Crippen LogP contribution in [0.2, 0.25) is 0 Å². The largest absolute Gasteiger partial charge is 0.370 e. The van der Waals surface area contributed by atoms with Crippen molar-refractivity contribution in [3.63, 3.8) is 0 Å². The standard InChI is InChI=1S/C17H30N6O2S/c1-4-14(18)23-12-13(11-17(23,2)3)20-9-6-10-21-15-7-5-8-16(22-15)26(19,24)25/h5,7-8,13,18,20H,4,6,9-12H2,1-3H3,(H,21,22)(H2,19,24,25). The zero-order valence-electron chi connectivity index (χ0n) is 15.7. The van der Waals surface area contributed by atoms with Crippen molar-refractivity contribution in [2.45, 2.75) is 56.6 Å². The Balaban J connectivity index is 1.74. The summed E-state index contributed by atoms with van der Waals surface area (Å²) in [4.78, 5) is 6.19. The van der Waals surface area contributed by atoms with E-state index in [0.717, 1.165) is 32.4 Å². The number of rotatable bonds is 8. The second-order valence-electron chi connectivity index (χ2n) is 7.26. The van der Waals surface area contributed by atoms with Crippen LogP contribution in [0.3, 0.4) is 0 Å². The smallest absolute Gasteiger partial charge is 0.255 e. The summed E-state index contributed by atoms with van der Waals surface area (Å²) in [6.45, 7) is 8.78. The van der Waals surface area contributed by atoms with E-state index in [1.54, 1.807) is 12.1 Å². The first-order valence-electron chi connectivity index (χ1n) is 8.95. The minimum atomic E-state index is -3.78. The van der Waals surface area contributed by atoms with E-state index in [9.17, 15) is 8.42 Å². The molecule has 5 N–H and O–H groups in total. The molecule has 1 aromatic rings. The first kappa shape index (κ1) is 20.6. The van der Waals surface area contributed by atoms with Gasteiger partial charge < -0.3 is 15.5 Å². The number of primary sulfonamides is 1. The molecular weight excluding hydrogens is 352 g/mol. The second kappa shape index (κ2) is 8.32. The number of nitrogens with two attached hydrogens (primary N) is 1. The Bertz CT molecular complexity index is 735. The van der Waals surface area contributed by atoms with Crippen LogP contribution in [0.25, 0.3) is 0 Å². The van der Waals surface area contributed by atoms with Gasteiger partial charge in [0.25, 0.3) is 10.0 Å². The number of hydrogen-bond acceptors (Lipinski definition) is 6. The van der Waals surface area contributed by atoms with Gasteiger partial charge in [-0.15, -0.1) is 0 Å². The zero-order valence-corrected chi connectivity index (χ0v) is 16.6. The molecule has 0 spiro atoms. The van der Waals surface area contributed by atoms with E-state index >= 15 is 0 Å². The van der Waals surface area contributed by atoms with Crippen molar-refractivity contribution in [1.29, 1.82) is 5.41 Å². The molecule has 1 aromatic heterocycles. The first-order chi connectivity index (χ1) is 12.1. The van der Waals surface area contributed by atoms with E-state index in [1.165, 1.54) is 6.07 Å². The lowest BCUT2D eigenvalue weighted by atomic mass is 10.00. The molecular formula is C17H30N6O2S. The fraction of sp³-hybridized carbons (Fsp3) is 0.647. The monoisotopic (exact) mass is 382 g/mol. The normalized spacial score (nSPS) is 19.5. The van der Waals surface area contributed by atoms with Gasteiger partial charge in [-0.3, -0.25) is 5.41 Å². The SMILES string of the molecule is CCC(=N)N1CC(NCCCNc2cccc(S(N)(=O)=O)n2)CC1(C)C. The topological polar surface area (TPSA) is 124 Å². The average molecular weight is 383 g/mol. The molecule has 8 nitrogen and oxygen atoms in total. The van der Waals surface area contributed by atoms with E-state index < -0.39 is 10.0 Å². The summed E-state index contributed by atoms with van der Waals surface area (Å²) in [6, 6.07) is 5.09. The van der Waals surface area contributed by atoms with Gasteiger partial charge in [-0.2, -0.15) is 0 Å². The van der Waals surface area contributed by atoms with E-state index in [2.05, 4.69) is 34.4 Å². The van der Waals surface area contributed by atoms with Crippen LogP contribution in [0.15, 0.2) is 23.2 Å². The van der Waals surface area contributed by atoms with Gasteiger partial charge in [-0.1, -0.05) is 13.0 Å². The molecule has 1 aliphatic rings. The fourth-order valence-corrected chi connectivity index (χ4v) is 3.82. The predicted octanol–water partition coefficient (Wildman–Crippen LogP) is 1.36. The number of hydrogen-bond donors (Lipinski definition) is 4. The number of likely N-dealkylation sites (tertiary alicyclic amines) is 1. The van der Waals surface area contributed by atoms with E-state index in [1.807, 2.05) is 6.92 Å². The number of sulfonamides is 1. The van der Waals surface area contributed by atoms with Crippen molar-refractivity contribution < 1.29 is 8.42 Å². The van der Waals surface area contributed by atoms with Crippen LogP contribution in [-0.2, 0) is 10.0 Å². The Kier molecular flexibility index (Phi) is 6.59. The quantitative estimate of drug-likeness (QED) is 0.306. The van der Waals surface area contributed by atoms with Crippen LogP contribution in [0.5, 0.6) is 0 Å². The highest BCUT2D eigenvalue weighted by molar-refractivity contribution is 7.89. The van der Waals surface area contributed by atoms with Crippen LogP contribution in [-0.4, -0.2) is 55.4 Å². The highest BCUT2D eigenvalue weighted by Gasteiger charge is 2.38. The minimum Gasteiger partial charge on any atom is -0.370 e. The van der Waals surface area contributed by atoms with Gasteiger partial charge >= 0.3 is 0 Å². The molecule has 0 saturated carbocycles. The summed E-state index contributed by atoms with van der Waals surface area (Å²) in [5.41, 5.74) is 0.0150. The summed E-state index contributed by atoms with van der Waals surface area (Å²) in [5, 5.41) is 19.7. The van der Waals surface area contributed by atoms with E-state index in [-0.39, 0.29) is 10.6 Å². The molecule has 1 unspecified atom stereocenters. The third-order valence-corrected chi connectivity index (χ3v) is 5.46. The molecule has 0 amide bonds.